The van der Waals surface area contributed by atoms with E-state index in [-0.39, 0.29) is 38.0 Å². The standard InChI is InChI=1S/C15H21F2N3O3S/c1-11(10-18-2)15(21)19-5-7-20(8-6-19)24(22,23)14-4-3-12(16)9-13(14)17/h3-4,9,11,18H,5-8,10H2,1-2H3. The molecule has 0 radical (unpaired) electrons. The van der Waals surface area contributed by atoms with Crippen LogP contribution in [0.25, 0.3) is 0 Å². The predicted octanol–water partition coefficient (Wildman–Crippen LogP) is 0.653. The van der Waals surface area contributed by atoms with Crippen LogP contribution in [0.15, 0.2) is 23.1 Å². The first-order chi connectivity index (χ1) is 11.3. The Kier molecular flexibility index (Phi) is 5.89. The number of halogens is 2. The largest absolute Gasteiger partial charge is 0.340 e. The molecule has 1 N–H and O–H groups in total. The molecule has 2 rings (SSSR count). The van der Waals surface area contributed by atoms with E-state index in [1.807, 2.05) is 0 Å². The number of piperazine rings is 1. The van der Waals surface area contributed by atoms with Crippen LogP contribution in [0.1, 0.15) is 6.92 Å². The van der Waals surface area contributed by atoms with Gasteiger partial charge in [0.25, 0.3) is 0 Å². The van der Waals surface area contributed by atoms with Crippen LogP contribution >= 0.6 is 0 Å². The molecule has 1 saturated heterocycles. The zero-order valence-corrected chi connectivity index (χ0v) is 14.4. The zero-order valence-electron chi connectivity index (χ0n) is 13.6. The Bertz CT molecular complexity index is 704. The molecule has 0 aliphatic carbocycles. The lowest BCUT2D eigenvalue weighted by molar-refractivity contribution is -0.136. The molecule has 1 aromatic rings. The van der Waals surface area contributed by atoms with Gasteiger partial charge in [-0.05, 0) is 19.2 Å². The highest BCUT2D eigenvalue weighted by Gasteiger charge is 2.32. The fourth-order valence-electron chi connectivity index (χ4n) is 2.68. The monoisotopic (exact) mass is 361 g/mol. The van der Waals surface area contributed by atoms with E-state index in [1.165, 1.54) is 0 Å². The molecule has 1 aromatic carbocycles. The summed E-state index contributed by atoms with van der Waals surface area (Å²) < 4.78 is 52.8. The van der Waals surface area contributed by atoms with Gasteiger partial charge in [-0.3, -0.25) is 4.79 Å². The van der Waals surface area contributed by atoms with Crippen LogP contribution in [0.5, 0.6) is 0 Å². The Hall–Kier alpha value is -1.58. The minimum absolute atomic E-state index is 0.0469. The smallest absolute Gasteiger partial charge is 0.246 e. The van der Waals surface area contributed by atoms with Gasteiger partial charge in [-0.2, -0.15) is 4.31 Å². The maximum Gasteiger partial charge on any atom is 0.246 e. The SMILES string of the molecule is CNCC(C)C(=O)N1CCN(S(=O)(=O)c2ccc(F)cc2F)CC1. The normalized spacial score (nSPS) is 17.8. The fourth-order valence-corrected chi connectivity index (χ4v) is 4.15. The van der Waals surface area contributed by atoms with Crippen LogP contribution in [0.2, 0.25) is 0 Å². The van der Waals surface area contributed by atoms with Crippen molar-refractivity contribution in [2.24, 2.45) is 5.92 Å². The number of carbonyl (C=O) groups excluding carboxylic acids is 1. The molecule has 0 spiro atoms. The number of hydrogen-bond donors (Lipinski definition) is 1. The number of nitrogens with zero attached hydrogens (tertiary/aromatic N) is 2. The molecule has 6 nitrogen and oxygen atoms in total. The topological polar surface area (TPSA) is 69.7 Å². The summed E-state index contributed by atoms with van der Waals surface area (Å²) in [5.41, 5.74) is 0. The summed E-state index contributed by atoms with van der Waals surface area (Å²) in [6, 6.07) is 2.38. The first-order valence-corrected chi connectivity index (χ1v) is 9.10. The van der Waals surface area contributed by atoms with Crippen molar-refractivity contribution < 1.29 is 22.0 Å². The van der Waals surface area contributed by atoms with Gasteiger partial charge in [0.1, 0.15) is 16.5 Å². The highest BCUT2D eigenvalue weighted by molar-refractivity contribution is 7.89. The minimum atomic E-state index is -4.05. The second-order valence-electron chi connectivity index (χ2n) is 5.76. The van der Waals surface area contributed by atoms with Gasteiger partial charge in [0.2, 0.25) is 15.9 Å². The third kappa shape index (κ3) is 3.90. The van der Waals surface area contributed by atoms with Gasteiger partial charge in [0.05, 0.1) is 0 Å². The molecule has 1 aliphatic heterocycles. The predicted molar refractivity (Wildman–Crippen MR) is 84.8 cm³/mol. The summed E-state index contributed by atoms with van der Waals surface area (Å²) in [6.07, 6.45) is 0. The van der Waals surface area contributed by atoms with Crippen molar-refractivity contribution in [3.63, 3.8) is 0 Å². The second kappa shape index (κ2) is 7.54. The summed E-state index contributed by atoms with van der Waals surface area (Å²) in [4.78, 5) is 13.3. The van der Waals surface area contributed by atoms with Gasteiger partial charge in [-0.25, -0.2) is 17.2 Å². The highest BCUT2D eigenvalue weighted by atomic mass is 32.2. The molecule has 0 saturated carbocycles. The lowest BCUT2D eigenvalue weighted by atomic mass is 10.1. The number of sulfonamides is 1. The average Bonchev–Trinajstić information content (AvgIpc) is 2.54. The number of rotatable bonds is 5. The van der Waals surface area contributed by atoms with E-state index < -0.39 is 26.6 Å². The summed E-state index contributed by atoms with van der Waals surface area (Å²) >= 11 is 0. The van der Waals surface area contributed by atoms with Crippen molar-refractivity contribution in [1.82, 2.24) is 14.5 Å². The van der Waals surface area contributed by atoms with E-state index in [1.54, 1.807) is 18.9 Å². The average molecular weight is 361 g/mol. The van der Waals surface area contributed by atoms with Gasteiger partial charge in [-0.1, -0.05) is 6.92 Å². The molecule has 0 aromatic heterocycles. The number of hydrogen-bond acceptors (Lipinski definition) is 4. The number of nitrogens with one attached hydrogen (secondary N) is 1. The van der Waals surface area contributed by atoms with Gasteiger partial charge in [0.15, 0.2) is 0 Å². The quantitative estimate of drug-likeness (QED) is 0.836. The summed E-state index contributed by atoms with van der Waals surface area (Å²) in [5.74, 6) is -2.20. The molecule has 1 atom stereocenters. The maximum absolute atomic E-state index is 13.8. The summed E-state index contributed by atoms with van der Waals surface area (Å²) in [6.45, 7) is 2.99. The van der Waals surface area contributed by atoms with Crippen molar-refractivity contribution in [3.8, 4) is 0 Å². The molecule has 1 fully saturated rings. The Morgan fingerprint density at radius 3 is 2.42 bits per heavy atom. The third-order valence-corrected chi connectivity index (χ3v) is 5.93. The number of benzene rings is 1. The Morgan fingerprint density at radius 1 is 1.25 bits per heavy atom. The molecular weight excluding hydrogens is 340 g/mol. The molecule has 1 unspecified atom stereocenters. The van der Waals surface area contributed by atoms with Gasteiger partial charge < -0.3 is 10.2 Å². The van der Waals surface area contributed by atoms with Crippen LogP contribution in [-0.4, -0.2) is 63.3 Å². The number of amides is 1. The number of carbonyl (C=O) groups is 1. The molecule has 24 heavy (non-hydrogen) atoms. The van der Waals surface area contributed by atoms with Crippen LogP contribution in [-0.2, 0) is 14.8 Å². The van der Waals surface area contributed by atoms with Gasteiger partial charge in [0, 0.05) is 44.7 Å². The summed E-state index contributed by atoms with van der Waals surface area (Å²) in [7, 11) is -2.29. The lowest BCUT2D eigenvalue weighted by Gasteiger charge is -2.35. The first-order valence-electron chi connectivity index (χ1n) is 7.66. The third-order valence-electron chi connectivity index (χ3n) is 3.99. The van der Waals surface area contributed by atoms with E-state index in [2.05, 4.69) is 5.32 Å². The van der Waals surface area contributed by atoms with E-state index >= 15 is 0 Å². The minimum Gasteiger partial charge on any atom is -0.340 e. The Labute approximate surface area is 140 Å². The van der Waals surface area contributed by atoms with Gasteiger partial charge in [-0.15, -0.1) is 0 Å². The maximum atomic E-state index is 13.8. The van der Waals surface area contributed by atoms with E-state index in [4.69, 9.17) is 0 Å². The highest BCUT2D eigenvalue weighted by Crippen LogP contribution is 2.21. The molecule has 0 bridgehead atoms. The van der Waals surface area contributed by atoms with E-state index in [0.717, 1.165) is 16.4 Å². The molecule has 134 valence electrons. The van der Waals surface area contributed by atoms with E-state index in [0.29, 0.717) is 12.6 Å². The molecule has 1 aliphatic rings. The van der Waals surface area contributed by atoms with Gasteiger partial charge >= 0.3 is 0 Å². The van der Waals surface area contributed by atoms with Crippen LogP contribution in [0.4, 0.5) is 8.78 Å². The summed E-state index contributed by atoms with van der Waals surface area (Å²) in [5, 5.41) is 2.93. The van der Waals surface area contributed by atoms with Crippen LogP contribution < -0.4 is 5.32 Å². The molecule has 1 amide bonds. The van der Waals surface area contributed by atoms with Crippen LogP contribution in [0, 0.1) is 17.6 Å². The van der Waals surface area contributed by atoms with Crippen molar-refractivity contribution in [2.45, 2.75) is 11.8 Å². The fraction of sp³-hybridized carbons (Fsp3) is 0.533. The Morgan fingerprint density at radius 2 is 1.88 bits per heavy atom. The molecule has 9 heteroatoms. The first kappa shape index (κ1) is 18.8. The Balaban J connectivity index is 2.07. The van der Waals surface area contributed by atoms with Crippen molar-refractivity contribution in [3.05, 3.63) is 29.8 Å². The van der Waals surface area contributed by atoms with E-state index in [9.17, 15) is 22.0 Å². The molecular formula is C15H21F2N3O3S. The van der Waals surface area contributed by atoms with Crippen molar-refractivity contribution in [2.75, 3.05) is 39.8 Å². The lowest BCUT2D eigenvalue weighted by Crippen LogP contribution is -2.52. The molecule has 1 heterocycles. The van der Waals surface area contributed by atoms with Crippen molar-refractivity contribution >= 4 is 15.9 Å². The van der Waals surface area contributed by atoms with Crippen LogP contribution in [0.3, 0.4) is 0 Å². The second-order valence-corrected chi connectivity index (χ2v) is 7.67. The van der Waals surface area contributed by atoms with Crippen molar-refractivity contribution in [1.29, 1.82) is 0 Å². The zero-order chi connectivity index (χ0) is 17.9.